The topological polar surface area (TPSA) is 92.4 Å². The second kappa shape index (κ2) is 11.6. The molecule has 0 radical (unpaired) electrons. The van der Waals surface area contributed by atoms with E-state index in [2.05, 4.69) is 5.32 Å². The van der Waals surface area contributed by atoms with Gasteiger partial charge in [0.25, 0.3) is 0 Å². The van der Waals surface area contributed by atoms with Crippen LogP contribution < -0.4 is 11.1 Å². The number of nitrogens with two attached hydrogens (primary N) is 1. The summed E-state index contributed by atoms with van der Waals surface area (Å²) in [5.41, 5.74) is 9.16. The summed E-state index contributed by atoms with van der Waals surface area (Å²) in [6.07, 6.45) is 0.371. The maximum Gasteiger partial charge on any atom is 0.327 e. The molecule has 1 amide bonds. The molecule has 0 bridgehead atoms. The quantitative estimate of drug-likeness (QED) is 0.593. The normalized spacial score (nSPS) is 12.5. The molecule has 2 aromatic carbocycles. The first-order valence-corrected chi connectivity index (χ1v) is 9.57. The molecular formula is C20H25ClN2O3S. The Balaban J connectivity index is 0.00000364. The summed E-state index contributed by atoms with van der Waals surface area (Å²) < 4.78 is 0. The summed E-state index contributed by atoms with van der Waals surface area (Å²) in [6.45, 7) is 2.02. The van der Waals surface area contributed by atoms with Gasteiger partial charge in [0, 0.05) is 11.5 Å². The zero-order valence-electron chi connectivity index (χ0n) is 15.1. The van der Waals surface area contributed by atoms with Gasteiger partial charge < -0.3 is 16.2 Å². The molecule has 2 atom stereocenters. The monoisotopic (exact) mass is 408 g/mol. The number of rotatable bonds is 9. The van der Waals surface area contributed by atoms with Crippen molar-refractivity contribution in [2.75, 3.05) is 5.75 Å². The molecule has 4 N–H and O–H groups in total. The van der Waals surface area contributed by atoms with E-state index in [1.165, 1.54) is 17.3 Å². The third-order valence-electron chi connectivity index (χ3n) is 3.92. The maximum absolute atomic E-state index is 12.2. The fraction of sp³-hybridized carbons (Fsp3) is 0.300. The van der Waals surface area contributed by atoms with Gasteiger partial charge in [-0.3, -0.25) is 4.79 Å². The first-order valence-electron chi connectivity index (χ1n) is 8.41. The Morgan fingerprint density at radius 3 is 2.30 bits per heavy atom. The van der Waals surface area contributed by atoms with Crippen LogP contribution in [0.3, 0.4) is 0 Å². The van der Waals surface area contributed by atoms with E-state index in [-0.39, 0.29) is 18.2 Å². The van der Waals surface area contributed by atoms with Crippen molar-refractivity contribution >= 4 is 36.0 Å². The number of aryl methyl sites for hydroxylation is 1. The summed E-state index contributed by atoms with van der Waals surface area (Å²) in [4.78, 5) is 23.7. The Morgan fingerprint density at radius 2 is 1.70 bits per heavy atom. The van der Waals surface area contributed by atoms with Crippen LogP contribution in [0.25, 0.3) is 0 Å². The summed E-state index contributed by atoms with van der Waals surface area (Å²) >= 11 is 1.47. The Bertz CT molecular complexity index is 726. The molecule has 0 saturated carbocycles. The number of aliphatic carboxylic acids is 1. The molecule has 0 saturated heterocycles. The van der Waals surface area contributed by atoms with Crippen molar-refractivity contribution in [2.45, 2.75) is 31.2 Å². The van der Waals surface area contributed by atoms with Crippen molar-refractivity contribution in [3.05, 3.63) is 71.3 Å². The number of benzene rings is 2. The lowest BCUT2D eigenvalue weighted by molar-refractivity contribution is -0.141. The van der Waals surface area contributed by atoms with E-state index in [0.29, 0.717) is 12.2 Å². The highest BCUT2D eigenvalue weighted by atomic mass is 35.5. The predicted octanol–water partition coefficient (Wildman–Crippen LogP) is 2.79. The lowest BCUT2D eigenvalue weighted by Crippen LogP contribution is -2.50. The number of carbonyl (C=O) groups excluding carboxylic acids is 1. The fourth-order valence-electron chi connectivity index (χ4n) is 2.39. The van der Waals surface area contributed by atoms with Gasteiger partial charge in [-0.25, -0.2) is 4.79 Å². The lowest BCUT2D eigenvalue weighted by atomic mass is 10.1. The van der Waals surface area contributed by atoms with Crippen LogP contribution in [0.4, 0.5) is 0 Å². The van der Waals surface area contributed by atoms with Crippen LogP contribution in [0, 0.1) is 6.92 Å². The summed E-state index contributed by atoms with van der Waals surface area (Å²) in [6, 6.07) is 15.8. The smallest absolute Gasteiger partial charge is 0.327 e. The number of nitrogens with one attached hydrogen (secondary N) is 1. The van der Waals surface area contributed by atoms with Crippen LogP contribution in [-0.4, -0.2) is 34.8 Å². The number of halogens is 1. The van der Waals surface area contributed by atoms with Crippen LogP contribution in [0.5, 0.6) is 0 Å². The van der Waals surface area contributed by atoms with E-state index in [1.54, 1.807) is 0 Å². The van der Waals surface area contributed by atoms with Crippen LogP contribution in [0.1, 0.15) is 16.7 Å². The maximum atomic E-state index is 12.2. The van der Waals surface area contributed by atoms with E-state index >= 15 is 0 Å². The molecule has 5 nitrogen and oxygen atoms in total. The van der Waals surface area contributed by atoms with E-state index < -0.39 is 24.0 Å². The Kier molecular flexibility index (Phi) is 9.93. The zero-order chi connectivity index (χ0) is 18.9. The first kappa shape index (κ1) is 23.0. The van der Waals surface area contributed by atoms with Gasteiger partial charge in [0.15, 0.2) is 0 Å². The molecular weight excluding hydrogens is 384 g/mol. The van der Waals surface area contributed by atoms with Gasteiger partial charge in [-0.15, -0.1) is 12.4 Å². The molecule has 0 aliphatic rings. The number of carbonyl (C=O) groups is 2. The minimum atomic E-state index is -1.05. The highest BCUT2D eigenvalue weighted by Crippen LogP contribution is 2.14. The number of hydrogen-bond donors (Lipinski definition) is 3. The van der Waals surface area contributed by atoms with E-state index in [4.69, 9.17) is 5.73 Å². The van der Waals surface area contributed by atoms with Gasteiger partial charge in [0.2, 0.25) is 5.91 Å². The number of hydrogen-bond acceptors (Lipinski definition) is 4. The molecule has 7 heteroatoms. The second-order valence-electron chi connectivity index (χ2n) is 6.20. The van der Waals surface area contributed by atoms with Gasteiger partial charge >= 0.3 is 5.97 Å². The lowest BCUT2D eigenvalue weighted by Gasteiger charge is -2.18. The molecule has 0 aliphatic carbocycles. The van der Waals surface area contributed by atoms with Crippen molar-refractivity contribution < 1.29 is 14.7 Å². The van der Waals surface area contributed by atoms with Crippen LogP contribution >= 0.6 is 24.2 Å². The summed E-state index contributed by atoms with van der Waals surface area (Å²) in [5.74, 6) is -0.526. The van der Waals surface area contributed by atoms with Crippen LogP contribution in [0.15, 0.2) is 54.6 Å². The molecule has 2 rings (SSSR count). The van der Waals surface area contributed by atoms with Crippen molar-refractivity contribution in [3.63, 3.8) is 0 Å². The summed E-state index contributed by atoms with van der Waals surface area (Å²) in [7, 11) is 0. The average Bonchev–Trinajstić information content (AvgIpc) is 2.63. The highest BCUT2D eigenvalue weighted by Gasteiger charge is 2.23. The van der Waals surface area contributed by atoms with E-state index in [1.807, 2.05) is 61.5 Å². The van der Waals surface area contributed by atoms with Gasteiger partial charge in [-0.2, -0.15) is 11.8 Å². The van der Waals surface area contributed by atoms with Gasteiger partial charge in [-0.05, 0) is 24.5 Å². The van der Waals surface area contributed by atoms with Crippen LogP contribution in [0.2, 0.25) is 0 Å². The molecule has 27 heavy (non-hydrogen) atoms. The number of carboxylic acid groups (broad SMARTS) is 1. The molecule has 0 unspecified atom stereocenters. The first-order chi connectivity index (χ1) is 12.5. The molecule has 0 aromatic heterocycles. The minimum absolute atomic E-state index is 0. The molecule has 0 fully saturated rings. The number of thioether (sulfide) groups is 1. The van der Waals surface area contributed by atoms with Crippen molar-refractivity contribution in [2.24, 2.45) is 5.73 Å². The third kappa shape index (κ3) is 8.03. The molecule has 0 heterocycles. The third-order valence-corrected chi connectivity index (χ3v) is 5.03. The number of amides is 1. The molecule has 0 aliphatic heterocycles. The SMILES string of the molecule is Cc1ccc(CSC[C@H](NC(=O)[C@H](N)Cc2ccccc2)C(=O)O)cc1.Cl. The van der Waals surface area contributed by atoms with Crippen molar-refractivity contribution in [1.82, 2.24) is 5.32 Å². The van der Waals surface area contributed by atoms with Gasteiger partial charge in [0.1, 0.15) is 6.04 Å². The van der Waals surface area contributed by atoms with Gasteiger partial charge in [-0.1, -0.05) is 60.2 Å². The Hall–Kier alpha value is -2.02. The van der Waals surface area contributed by atoms with Crippen molar-refractivity contribution in [3.8, 4) is 0 Å². The molecule has 146 valence electrons. The van der Waals surface area contributed by atoms with E-state index in [9.17, 15) is 14.7 Å². The van der Waals surface area contributed by atoms with Crippen molar-refractivity contribution in [1.29, 1.82) is 0 Å². The number of carboxylic acids is 1. The highest BCUT2D eigenvalue weighted by molar-refractivity contribution is 7.98. The molecule has 2 aromatic rings. The zero-order valence-corrected chi connectivity index (χ0v) is 16.8. The fourth-order valence-corrected chi connectivity index (χ4v) is 3.40. The van der Waals surface area contributed by atoms with Gasteiger partial charge in [0.05, 0.1) is 6.04 Å². The largest absolute Gasteiger partial charge is 0.480 e. The van der Waals surface area contributed by atoms with E-state index in [0.717, 1.165) is 11.1 Å². The molecule has 0 spiro atoms. The van der Waals surface area contributed by atoms with Crippen LogP contribution in [-0.2, 0) is 21.8 Å². The standard InChI is InChI=1S/C20H24N2O3S.ClH/c1-14-7-9-16(10-8-14)12-26-13-18(20(24)25)22-19(23)17(21)11-15-5-3-2-4-6-15;/h2-10,17-18H,11-13,21H2,1H3,(H,22,23)(H,24,25);1H/t17-,18+;/m1./s1. The second-order valence-corrected chi connectivity index (χ2v) is 7.23. The average molecular weight is 409 g/mol. The Labute approximate surface area is 170 Å². The Morgan fingerprint density at radius 1 is 1.07 bits per heavy atom. The minimum Gasteiger partial charge on any atom is -0.480 e. The summed E-state index contributed by atoms with van der Waals surface area (Å²) in [5, 5.41) is 11.9. The predicted molar refractivity (Wildman–Crippen MR) is 112 cm³/mol.